The SMILES string of the molecule is CC(C)(C)c1ccc2c(c1)C1(CCC1)OC2.CC(C)(C)c1ccc2ccc(C#N)n2c1.CC(C)Nc1cc(C(C)(C)C)ccn1.COCC(COC)n1ncc2ccc(C(C)(C)C)cc21. The number of ether oxygens (including phenoxy) is 3. The van der Waals surface area contributed by atoms with Crippen molar-refractivity contribution in [2.24, 2.45) is 0 Å². The van der Waals surface area contributed by atoms with Gasteiger partial charge in [0.15, 0.2) is 0 Å². The van der Waals surface area contributed by atoms with E-state index in [0.29, 0.717) is 24.9 Å². The summed E-state index contributed by atoms with van der Waals surface area (Å²) in [5, 5.41) is 17.9. The Bertz CT molecular complexity index is 2520. The van der Waals surface area contributed by atoms with Crippen molar-refractivity contribution in [1.82, 2.24) is 19.2 Å². The van der Waals surface area contributed by atoms with Crippen molar-refractivity contribution in [2.75, 3.05) is 32.8 Å². The zero-order valence-electron chi connectivity index (χ0n) is 42.5. The van der Waals surface area contributed by atoms with Crippen LogP contribution in [0.3, 0.4) is 0 Å². The molecule has 2 aliphatic rings. The molecule has 1 aliphatic carbocycles. The third-order valence-corrected chi connectivity index (χ3v) is 12.4. The number of rotatable bonds is 7. The number of fused-ring (bicyclic) bond motifs is 4. The summed E-state index contributed by atoms with van der Waals surface area (Å²) in [6, 6.07) is 28.4. The van der Waals surface area contributed by atoms with Crippen LogP contribution in [0.2, 0.25) is 0 Å². The summed E-state index contributed by atoms with van der Waals surface area (Å²) in [7, 11) is 3.41. The van der Waals surface area contributed by atoms with Gasteiger partial charge in [-0.15, -0.1) is 0 Å². The second kappa shape index (κ2) is 20.7. The molecule has 2 aromatic carbocycles. The van der Waals surface area contributed by atoms with Gasteiger partial charge in [-0.2, -0.15) is 10.4 Å². The molecule has 4 aromatic heterocycles. The molecule has 350 valence electrons. The Hall–Kier alpha value is -5.01. The number of anilines is 1. The Balaban J connectivity index is 0.000000164. The van der Waals surface area contributed by atoms with E-state index in [2.05, 4.69) is 179 Å². The minimum Gasteiger partial charge on any atom is -0.382 e. The minimum atomic E-state index is 0.0951. The van der Waals surface area contributed by atoms with Gasteiger partial charge in [0.1, 0.15) is 17.6 Å². The summed E-state index contributed by atoms with van der Waals surface area (Å²) in [5.41, 5.74) is 11.9. The van der Waals surface area contributed by atoms with Crippen LogP contribution in [0, 0.1) is 11.3 Å². The first kappa shape index (κ1) is 51.0. The zero-order chi connectivity index (χ0) is 48.0. The van der Waals surface area contributed by atoms with Crippen molar-refractivity contribution in [3.63, 3.8) is 0 Å². The Morgan fingerprint density at radius 3 is 1.86 bits per heavy atom. The van der Waals surface area contributed by atoms with E-state index < -0.39 is 0 Å². The lowest BCUT2D eigenvalue weighted by molar-refractivity contribution is -0.0944. The number of nitrogens with zero attached hydrogens (tertiary/aromatic N) is 5. The van der Waals surface area contributed by atoms with Gasteiger partial charge in [-0.3, -0.25) is 4.68 Å². The fourth-order valence-corrected chi connectivity index (χ4v) is 8.08. The van der Waals surface area contributed by atoms with Crippen molar-refractivity contribution in [3.8, 4) is 6.07 Å². The van der Waals surface area contributed by atoms with E-state index >= 15 is 0 Å². The number of nitrogens with one attached hydrogen (secondary N) is 1. The second-order valence-electron chi connectivity index (χ2n) is 22.2. The molecule has 0 saturated heterocycles. The van der Waals surface area contributed by atoms with Crippen LogP contribution >= 0.6 is 0 Å². The molecule has 0 radical (unpaired) electrons. The van der Waals surface area contributed by atoms with Crippen LogP contribution in [0.5, 0.6) is 0 Å². The highest BCUT2D eigenvalue weighted by Crippen LogP contribution is 2.51. The summed E-state index contributed by atoms with van der Waals surface area (Å²) < 4.78 is 20.5. The van der Waals surface area contributed by atoms with E-state index in [1.54, 1.807) is 14.2 Å². The summed E-state index contributed by atoms with van der Waals surface area (Å²) in [6.07, 6.45) is 9.57. The first-order valence-corrected chi connectivity index (χ1v) is 23.4. The summed E-state index contributed by atoms with van der Waals surface area (Å²) in [5.74, 6) is 0.965. The van der Waals surface area contributed by atoms with Gasteiger partial charge in [-0.25, -0.2) is 4.98 Å². The number of hydrogen-bond acceptors (Lipinski definition) is 7. The van der Waals surface area contributed by atoms with Crippen LogP contribution in [-0.2, 0) is 48.1 Å². The molecule has 9 nitrogen and oxygen atoms in total. The summed E-state index contributed by atoms with van der Waals surface area (Å²) in [4.78, 5) is 4.28. The van der Waals surface area contributed by atoms with Gasteiger partial charge in [0.25, 0.3) is 0 Å². The molecule has 8 rings (SSSR count). The third kappa shape index (κ3) is 12.9. The van der Waals surface area contributed by atoms with Gasteiger partial charge in [0.05, 0.1) is 43.2 Å². The lowest BCUT2D eigenvalue weighted by atomic mass is 9.73. The minimum absolute atomic E-state index is 0.0951. The highest BCUT2D eigenvalue weighted by atomic mass is 16.5. The number of benzene rings is 2. The fourth-order valence-electron chi connectivity index (χ4n) is 8.08. The molecule has 0 amide bonds. The van der Waals surface area contributed by atoms with E-state index in [1.165, 1.54) is 52.6 Å². The monoisotopic (exact) mass is 883 g/mol. The molecule has 1 N–H and O–H groups in total. The maximum atomic E-state index is 8.95. The highest BCUT2D eigenvalue weighted by molar-refractivity contribution is 5.79. The molecular formula is C56H78N6O3. The van der Waals surface area contributed by atoms with Crippen LogP contribution in [0.4, 0.5) is 5.82 Å². The Labute approximate surface area is 390 Å². The van der Waals surface area contributed by atoms with Crippen molar-refractivity contribution in [2.45, 2.75) is 162 Å². The molecule has 1 saturated carbocycles. The van der Waals surface area contributed by atoms with Gasteiger partial charge >= 0.3 is 0 Å². The predicted molar refractivity (Wildman–Crippen MR) is 269 cm³/mol. The molecule has 5 heterocycles. The number of methoxy groups -OCH3 is 2. The van der Waals surface area contributed by atoms with Crippen LogP contribution < -0.4 is 5.32 Å². The molecular weight excluding hydrogens is 805 g/mol. The van der Waals surface area contributed by atoms with Crippen molar-refractivity contribution in [1.29, 1.82) is 5.26 Å². The molecule has 6 aromatic rings. The molecule has 0 bridgehead atoms. The normalized spacial score (nSPS) is 14.5. The fraction of sp³-hybridized carbons (Fsp3) is 0.518. The van der Waals surface area contributed by atoms with Gasteiger partial charge in [0.2, 0.25) is 0 Å². The van der Waals surface area contributed by atoms with Gasteiger partial charge < -0.3 is 23.9 Å². The molecule has 9 heteroatoms. The first-order chi connectivity index (χ1) is 30.4. The molecule has 0 atom stereocenters. The topological polar surface area (TPSA) is 98.6 Å². The van der Waals surface area contributed by atoms with Crippen LogP contribution in [0.1, 0.15) is 161 Å². The van der Waals surface area contributed by atoms with E-state index in [0.717, 1.165) is 28.8 Å². The van der Waals surface area contributed by atoms with E-state index in [9.17, 15) is 0 Å². The van der Waals surface area contributed by atoms with Crippen molar-refractivity contribution >= 4 is 22.2 Å². The standard InChI is InChI=1S/C16H24N2O2.C15H20O.C13H14N2.C12H20N2/c1-16(2,3)13-7-6-12-9-17-18(15(12)8-13)14(10-19-4)11-20-5;1-14(2,3)12-6-5-11-10-16-15(7-4-8-15)13(11)9-12;1-13(2,3)10-4-5-11-6-7-12(8-14)15(11)9-10;1-9(2)14-11-8-10(6-7-13-11)12(3,4)5/h6-9,14H,10-11H2,1-5H3;5-6,9H,4,7-8,10H2,1-3H3;4-7,9H,1-3H3;6-9H,1-5H3,(H,13,14). The Kier molecular flexibility index (Phi) is 16.2. The molecule has 1 aliphatic heterocycles. The third-order valence-electron chi connectivity index (χ3n) is 12.4. The molecule has 1 spiro atoms. The van der Waals surface area contributed by atoms with Crippen molar-refractivity contribution < 1.29 is 14.2 Å². The number of hydrogen-bond donors (Lipinski definition) is 1. The maximum absolute atomic E-state index is 8.95. The smallest absolute Gasteiger partial charge is 0.126 e. The largest absolute Gasteiger partial charge is 0.382 e. The molecule has 1 fully saturated rings. The maximum Gasteiger partial charge on any atom is 0.126 e. The Morgan fingerprint density at radius 1 is 0.738 bits per heavy atom. The van der Waals surface area contributed by atoms with Gasteiger partial charge in [0, 0.05) is 43.6 Å². The van der Waals surface area contributed by atoms with E-state index in [4.69, 9.17) is 19.5 Å². The van der Waals surface area contributed by atoms with Crippen molar-refractivity contribution in [3.05, 3.63) is 130 Å². The zero-order valence-corrected chi connectivity index (χ0v) is 42.5. The lowest BCUT2D eigenvalue weighted by Crippen LogP contribution is -2.33. The van der Waals surface area contributed by atoms with Crippen LogP contribution in [-0.4, -0.2) is 52.6 Å². The lowest BCUT2D eigenvalue weighted by Gasteiger charge is -2.38. The summed E-state index contributed by atoms with van der Waals surface area (Å²) >= 11 is 0. The average Bonchev–Trinajstić information content (AvgIpc) is 3.95. The van der Waals surface area contributed by atoms with E-state index in [1.807, 2.05) is 39.8 Å². The van der Waals surface area contributed by atoms with Crippen LogP contribution in [0.25, 0.3) is 16.4 Å². The number of aromatic nitrogens is 4. The summed E-state index contributed by atoms with van der Waals surface area (Å²) in [6.45, 7) is 32.9. The molecule has 65 heavy (non-hydrogen) atoms. The average molecular weight is 883 g/mol. The van der Waals surface area contributed by atoms with Gasteiger partial charge in [-0.05, 0) is 125 Å². The molecule has 0 unspecified atom stereocenters. The van der Waals surface area contributed by atoms with E-state index in [-0.39, 0.29) is 33.3 Å². The van der Waals surface area contributed by atoms with Gasteiger partial charge in [-0.1, -0.05) is 119 Å². The number of pyridine rings is 2. The Morgan fingerprint density at radius 2 is 1.31 bits per heavy atom. The number of nitriles is 1. The predicted octanol–water partition coefficient (Wildman–Crippen LogP) is 13.4. The quantitative estimate of drug-likeness (QED) is 0.170. The first-order valence-electron chi connectivity index (χ1n) is 23.4. The highest BCUT2D eigenvalue weighted by Gasteiger charge is 2.45. The second-order valence-corrected chi connectivity index (χ2v) is 22.2. The van der Waals surface area contributed by atoms with Crippen LogP contribution in [0.15, 0.2) is 91.4 Å².